The Labute approximate surface area is 132 Å². The number of thiophene rings is 1. The van der Waals surface area contributed by atoms with Gasteiger partial charge < -0.3 is 0 Å². The molecule has 0 saturated carbocycles. The third kappa shape index (κ3) is 3.76. The van der Waals surface area contributed by atoms with Gasteiger partial charge in [0, 0.05) is 6.26 Å². The number of nitrogens with one attached hydrogen (secondary N) is 1. The van der Waals surface area contributed by atoms with Gasteiger partial charge in [-0.05, 0) is 36.8 Å². The molecule has 0 saturated heterocycles. The predicted molar refractivity (Wildman–Crippen MR) is 84.4 cm³/mol. The second kappa shape index (κ2) is 5.60. The molecule has 0 amide bonds. The monoisotopic (exact) mass is 365 g/mol. The number of hydrogen-bond donors (Lipinski definition) is 1. The van der Waals surface area contributed by atoms with Gasteiger partial charge in [0.2, 0.25) is 0 Å². The lowest BCUT2D eigenvalue weighted by Gasteiger charge is -2.10. The molecule has 114 valence electrons. The van der Waals surface area contributed by atoms with Crippen LogP contribution in [0.5, 0.6) is 0 Å². The van der Waals surface area contributed by atoms with Crippen molar-refractivity contribution in [1.82, 2.24) is 0 Å². The summed E-state index contributed by atoms with van der Waals surface area (Å²) in [5, 5.41) is 0. The summed E-state index contributed by atoms with van der Waals surface area (Å²) in [7, 11) is -7.20. The summed E-state index contributed by atoms with van der Waals surface area (Å²) in [6.07, 6.45) is 1.06. The van der Waals surface area contributed by atoms with Crippen LogP contribution < -0.4 is 4.72 Å². The van der Waals surface area contributed by atoms with Crippen molar-refractivity contribution in [3.05, 3.63) is 40.2 Å². The molecular weight excluding hydrogens is 354 g/mol. The first-order valence-corrected chi connectivity index (χ1v) is 10.3. The molecule has 9 heteroatoms. The molecule has 0 aliphatic rings. The van der Waals surface area contributed by atoms with Crippen LogP contribution in [0.1, 0.15) is 5.56 Å². The van der Waals surface area contributed by atoms with Gasteiger partial charge in [-0.15, -0.1) is 11.3 Å². The number of aryl methyl sites for hydroxylation is 1. The third-order valence-electron chi connectivity index (χ3n) is 2.69. The van der Waals surface area contributed by atoms with Crippen LogP contribution in [0.15, 0.2) is 39.4 Å². The molecule has 0 aliphatic heterocycles. The van der Waals surface area contributed by atoms with E-state index in [1.54, 1.807) is 13.0 Å². The highest BCUT2D eigenvalue weighted by atomic mass is 35.5. The van der Waals surface area contributed by atoms with Crippen molar-refractivity contribution in [2.75, 3.05) is 11.0 Å². The van der Waals surface area contributed by atoms with Crippen LogP contribution in [0.25, 0.3) is 0 Å². The molecule has 2 aromatic rings. The highest BCUT2D eigenvalue weighted by molar-refractivity contribution is 7.94. The van der Waals surface area contributed by atoms with Gasteiger partial charge in [-0.25, -0.2) is 16.8 Å². The maximum Gasteiger partial charge on any atom is 0.271 e. The Balaban J connectivity index is 2.44. The van der Waals surface area contributed by atoms with E-state index in [4.69, 9.17) is 11.6 Å². The average molecular weight is 366 g/mol. The number of sulfonamides is 1. The van der Waals surface area contributed by atoms with Gasteiger partial charge in [-0.3, -0.25) is 4.72 Å². The lowest BCUT2D eigenvalue weighted by molar-refractivity contribution is 0.600. The molecule has 1 N–H and O–H groups in total. The summed E-state index contributed by atoms with van der Waals surface area (Å²) in [5.41, 5.74) is 0.844. The van der Waals surface area contributed by atoms with Crippen molar-refractivity contribution >= 4 is 48.5 Å². The van der Waals surface area contributed by atoms with Gasteiger partial charge in [0.25, 0.3) is 10.0 Å². The van der Waals surface area contributed by atoms with E-state index in [1.165, 1.54) is 24.3 Å². The second-order valence-electron chi connectivity index (χ2n) is 4.41. The minimum atomic E-state index is -3.79. The number of halogens is 1. The highest BCUT2D eigenvalue weighted by Crippen LogP contribution is 2.29. The molecule has 0 bridgehead atoms. The summed E-state index contributed by atoms with van der Waals surface area (Å²) in [6.45, 7) is 1.69. The second-order valence-corrected chi connectivity index (χ2v) is 10.1. The van der Waals surface area contributed by atoms with Crippen LogP contribution in [0.3, 0.4) is 0 Å². The van der Waals surface area contributed by atoms with E-state index >= 15 is 0 Å². The van der Waals surface area contributed by atoms with Crippen LogP contribution in [0.2, 0.25) is 4.34 Å². The van der Waals surface area contributed by atoms with Crippen LogP contribution in [0, 0.1) is 6.92 Å². The standard InChI is InChI=1S/C12H12ClNO4S3/c1-8-3-4-9(20(2,15)16)7-10(8)14-21(17,18)12-6-5-11(13)19-12/h3-7,14H,1-2H3. The van der Waals surface area contributed by atoms with Gasteiger partial charge in [0.05, 0.1) is 14.9 Å². The van der Waals surface area contributed by atoms with E-state index < -0.39 is 19.9 Å². The summed E-state index contributed by atoms with van der Waals surface area (Å²) in [4.78, 5) is 0.0509. The van der Waals surface area contributed by atoms with Crippen LogP contribution >= 0.6 is 22.9 Å². The quantitative estimate of drug-likeness (QED) is 0.903. The zero-order chi connectivity index (χ0) is 15.8. The molecule has 1 aromatic heterocycles. The van der Waals surface area contributed by atoms with Gasteiger partial charge in [0.15, 0.2) is 9.84 Å². The lowest BCUT2D eigenvalue weighted by Crippen LogP contribution is -2.13. The van der Waals surface area contributed by atoms with Gasteiger partial charge in [-0.1, -0.05) is 17.7 Å². The Bertz CT molecular complexity index is 885. The summed E-state index contributed by atoms with van der Waals surface area (Å²) < 4.78 is 50.3. The maximum atomic E-state index is 12.2. The molecule has 0 fully saturated rings. The largest absolute Gasteiger partial charge is 0.279 e. The van der Waals surface area contributed by atoms with Crippen LogP contribution in [0.4, 0.5) is 5.69 Å². The maximum absolute atomic E-state index is 12.2. The van der Waals surface area contributed by atoms with Crippen molar-refractivity contribution in [2.24, 2.45) is 0 Å². The van der Waals surface area contributed by atoms with E-state index in [9.17, 15) is 16.8 Å². The number of benzene rings is 1. The first-order chi connectivity index (χ1) is 9.59. The first-order valence-electron chi connectivity index (χ1n) is 5.68. The van der Waals surface area contributed by atoms with E-state index in [-0.39, 0.29) is 14.8 Å². The molecule has 5 nitrogen and oxygen atoms in total. The Kier molecular flexibility index (Phi) is 4.34. The lowest BCUT2D eigenvalue weighted by atomic mass is 10.2. The first kappa shape index (κ1) is 16.3. The summed E-state index contributed by atoms with van der Waals surface area (Å²) in [6, 6.07) is 7.17. The molecule has 0 atom stereocenters. The van der Waals surface area contributed by atoms with E-state index in [0.717, 1.165) is 17.6 Å². The Hall–Kier alpha value is -1.09. The third-order valence-corrected chi connectivity index (χ3v) is 6.89. The molecule has 0 spiro atoms. The normalized spacial score (nSPS) is 12.3. The summed E-state index contributed by atoms with van der Waals surface area (Å²) in [5.74, 6) is 0. The molecular formula is C12H12ClNO4S3. The molecule has 1 heterocycles. The van der Waals surface area contributed by atoms with Gasteiger partial charge in [-0.2, -0.15) is 0 Å². The smallest absolute Gasteiger partial charge is 0.271 e. The molecule has 1 aromatic carbocycles. The fraction of sp³-hybridized carbons (Fsp3) is 0.167. The fourth-order valence-corrected chi connectivity index (χ4v) is 4.83. The summed E-state index contributed by atoms with van der Waals surface area (Å²) >= 11 is 6.66. The zero-order valence-electron chi connectivity index (χ0n) is 11.1. The Morgan fingerprint density at radius 3 is 2.29 bits per heavy atom. The van der Waals surface area contributed by atoms with Crippen LogP contribution in [-0.4, -0.2) is 23.1 Å². The van der Waals surface area contributed by atoms with Gasteiger partial charge in [0.1, 0.15) is 4.21 Å². The van der Waals surface area contributed by atoms with Gasteiger partial charge >= 0.3 is 0 Å². The van der Waals surface area contributed by atoms with E-state index in [1.807, 2.05) is 0 Å². The molecule has 0 unspecified atom stereocenters. The highest BCUT2D eigenvalue weighted by Gasteiger charge is 2.19. The van der Waals surface area contributed by atoms with Crippen molar-refractivity contribution in [1.29, 1.82) is 0 Å². The van der Waals surface area contributed by atoms with Crippen molar-refractivity contribution in [3.8, 4) is 0 Å². The Morgan fingerprint density at radius 1 is 1.10 bits per heavy atom. The van der Waals surface area contributed by atoms with E-state index in [2.05, 4.69) is 4.72 Å². The molecule has 21 heavy (non-hydrogen) atoms. The number of anilines is 1. The minimum Gasteiger partial charge on any atom is -0.279 e. The minimum absolute atomic E-state index is 0.0509. The average Bonchev–Trinajstić information content (AvgIpc) is 2.78. The molecule has 0 aliphatic carbocycles. The van der Waals surface area contributed by atoms with Crippen molar-refractivity contribution < 1.29 is 16.8 Å². The fourth-order valence-electron chi connectivity index (χ4n) is 1.58. The van der Waals surface area contributed by atoms with Crippen molar-refractivity contribution in [3.63, 3.8) is 0 Å². The SMILES string of the molecule is Cc1ccc(S(C)(=O)=O)cc1NS(=O)(=O)c1ccc(Cl)s1. The van der Waals surface area contributed by atoms with E-state index in [0.29, 0.717) is 9.90 Å². The predicted octanol–water partition coefficient (Wildman–Crippen LogP) is 2.91. The molecule has 0 radical (unpaired) electrons. The topological polar surface area (TPSA) is 80.3 Å². The van der Waals surface area contributed by atoms with Crippen molar-refractivity contribution in [2.45, 2.75) is 16.0 Å². The number of sulfone groups is 1. The zero-order valence-corrected chi connectivity index (χ0v) is 14.3. The number of hydrogen-bond acceptors (Lipinski definition) is 5. The van der Waals surface area contributed by atoms with Crippen LogP contribution in [-0.2, 0) is 19.9 Å². The Morgan fingerprint density at radius 2 is 1.76 bits per heavy atom. The molecule has 2 rings (SSSR count). The number of rotatable bonds is 4.